The van der Waals surface area contributed by atoms with Gasteiger partial charge in [-0.15, -0.1) is 0 Å². The summed E-state index contributed by atoms with van der Waals surface area (Å²) in [4.78, 5) is 2.44. The van der Waals surface area contributed by atoms with E-state index in [1.54, 1.807) is 7.11 Å². The van der Waals surface area contributed by atoms with Gasteiger partial charge in [0.1, 0.15) is 0 Å². The lowest BCUT2D eigenvalue weighted by Gasteiger charge is -2.19. The summed E-state index contributed by atoms with van der Waals surface area (Å²) in [5.74, 6) is 0. The van der Waals surface area contributed by atoms with Gasteiger partial charge in [-0.05, 0) is 20.9 Å². The highest BCUT2D eigenvalue weighted by Gasteiger charge is 2.32. The van der Waals surface area contributed by atoms with Crippen LogP contribution in [0.1, 0.15) is 13.8 Å². The summed E-state index contributed by atoms with van der Waals surface area (Å²) >= 11 is 0. The molecule has 0 spiro atoms. The topological polar surface area (TPSA) is 24.5 Å². The molecule has 0 bridgehead atoms. The SMILES string of the molecule is CNC1CN(C(C)C)C[C@H]1OC. The first-order valence-electron chi connectivity index (χ1n) is 4.63. The Hall–Kier alpha value is -0.120. The molecule has 1 fully saturated rings. The van der Waals surface area contributed by atoms with E-state index >= 15 is 0 Å². The first-order chi connectivity index (χ1) is 5.69. The molecular formula is C9H20N2O. The Balaban J connectivity index is 2.47. The van der Waals surface area contributed by atoms with Crippen LogP contribution in [0.3, 0.4) is 0 Å². The summed E-state index contributed by atoms with van der Waals surface area (Å²) in [6, 6.07) is 1.12. The highest BCUT2D eigenvalue weighted by molar-refractivity contribution is 4.90. The van der Waals surface area contributed by atoms with Gasteiger partial charge in [0.2, 0.25) is 0 Å². The van der Waals surface area contributed by atoms with E-state index in [9.17, 15) is 0 Å². The fourth-order valence-electron chi connectivity index (χ4n) is 1.74. The van der Waals surface area contributed by atoms with Crippen LogP contribution in [0.2, 0.25) is 0 Å². The van der Waals surface area contributed by atoms with Gasteiger partial charge in [0.15, 0.2) is 0 Å². The van der Waals surface area contributed by atoms with Gasteiger partial charge >= 0.3 is 0 Å². The minimum atomic E-state index is 0.359. The quantitative estimate of drug-likeness (QED) is 0.663. The zero-order chi connectivity index (χ0) is 9.14. The number of hydrogen-bond donors (Lipinski definition) is 1. The molecule has 1 aliphatic rings. The maximum atomic E-state index is 5.39. The van der Waals surface area contributed by atoms with Crippen molar-refractivity contribution in [1.82, 2.24) is 10.2 Å². The molecule has 1 N–H and O–H groups in total. The van der Waals surface area contributed by atoms with Crippen LogP contribution in [-0.4, -0.2) is 50.3 Å². The van der Waals surface area contributed by atoms with E-state index in [4.69, 9.17) is 4.74 Å². The van der Waals surface area contributed by atoms with E-state index in [0.29, 0.717) is 18.2 Å². The Bertz CT molecular complexity index is 126. The summed E-state index contributed by atoms with van der Waals surface area (Å²) in [7, 11) is 3.79. The molecule has 12 heavy (non-hydrogen) atoms. The summed E-state index contributed by atoms with van der Waals surface area (Å²) < 4.78 is 5.39. The van der Waals surface area contributed by atoms with Gasteiger partial charge in [0.25, 0.3) is 0 Å². The van der Waals surface area contributed by atoms with Gasteiger partial charge in [0, 0.05) is 32.3 Å². The monoisotopic (exact) mass is 172 g/mol. The largest absolute Gasteiger partial charge is 0.378 e. The lowest BCUT2D eigenvalue weighted by molar-refractivity contribution is 0.0891. The van der Waals surface area contributed by atoms with E-state index in [-0.39, 0.29) is 0 Å². The van der Waals surface area contributed by atoms with Crippen molar-refractivity contribution in [2.45, 2.75) is 32.0 Å². The third kappa shape index (κ3) is 1.97. The standard InChI is InChI=1S/C9H20N2O/c1-7(2)11-5-8(10-3)9(6-11)12-4/h7-10H,5-6H2,1-4H3/t8?,9-/m1/s1. The van der Waals surface area contributed by atoms with Crippen molar-refractivity contribution >= 4 is 0 Å². The molecule has 0 saturated carbocycles. The number of ether oxygens (including phenoxy) is 1. The molecule has 0 aromatic rings. The molecule has 72 valence electrons. The van der Waals surface area contributed by atoms with Crippen LogP contribution in [0.25, 0.3) is 0 Å². The molecule has 1 aliphatic heterocycles. The zero-order valence-electron chi connectivity index (χ0n) is 8.50. The van der Waals surface area contributed by atoms with Gasteiger partial charge in [-0.1, -0.05) is 0 Å². The van der Waals surface area contributed by atoms with Crippen LogP contribution in [0.15, 0.2) is 0 Å². The Labute approximate surface area is 75.1 Å². The number of hydrogen-bond acceptors (Lipinski definition) is 3. The van der Waals surface area contributed by atoms with E-state index in [2.05, 4.69) is 24.1 Å². The summed E-state index contributed by atoms with van der Waals surface area (Å²) in [6.07, 6.45) is 0.359. The molecule has 3 nitrogen and oxygen atoms in total. The number of likely N-dealkylation sites (N-methyl/N-ethyl adjacent to an activating group) is 1. The first-order valence-corrected chi connectivity index (χ1v) is 4.63. The molecule has 1 unspecified atom stereocenters. The number of likely N-dealkylation sites (tertiary alicyclic amines) is 1. The number of rotatable bonds is 3. The van der Waals surface area contributed by atoms with Crippen molar-refractivity contribution < 1.29 is 4.74 Å². The van der Waals surface area contributed by atoms with Crippen molar-refractivity contribution in [3.8, 4) is 0 Å². The smallest absolute Gasteiger partial charge is 0.0863 e. The molecule has 0 amide bonds. The second kappa shape index (κ2) is 4.21. The average Bonchev–Trinajstić information content (AvgIpc) is 2.46. The molecule has 0 aromatic heterocycles. The summed E-state index contributed by atoms with van der Waals surface area (Å²) in [5.41, 5.74) is 0. The predicted octanol–water partition coefficient (Wildman–Crippen LogP) is 0.313. The molecular weight excluding hydrogens is 152 g/mol. The number of nitrogens with one attached hydrogen (secondary N) is 1. The van der Waals surface area contributed by atoms with Crippen molar-refractivity contribution in [1.29, 1.82) is 0 Å². The maximum absolute atomic E-state index is 5.39. The Morgan fingerprint density at radius 1 is 1.42 bits per heavy atom. The minimum Gasteiger partial charge on any atom is -0.378 e. The Kier molecular flexibility index (Phi) is 3.50. The second-order valence-corrected chi connectivity index (χ2v) is 3.72. The number of nitrogens with zero attached hydrogens (tertiary/aromatic N) is 1. The van der Waals surface area contributed by atoms with Crippen LogP contribution in [0, 0.1) is 0 Å². The average molecular weight is 172 g/mol. The van der Waals surface area contributed by atoms with Gasteiger partial charge in [-0.25, -0.2) is 0 Å². The maximum Gasteiger partial charge on any atom is 0.0863 e. The third-order valence-corrected chi connectivity index (χ3v) is 2.70. The molecule has 1 saturated heterocycles. The van der Waals surface area contributed by atoms with Crippen molar-refractivity contribution in [3.63, 3.8) is 0 Å². The second-order valence-electron chi connectivity index (χ2n) is 3.72. The molecule has 3 heteroatoms. The van der Waals surface area contributed by atoms with Gasteiger partial charge < -0.3 is 10.1 Å². The lowest BCUT2D eigenvalue weighted by Crippen LogP contribution is -2.37. The predicted molar refractivity (Wildman–Crippen MR) is 50.4 cm³/mol. The lowest BCUT2D eigenvalue weighted by atomic mass is 10.2. The van der Waals surface area contributed by atoms with Crippen LogP contribution in [-0.2, 0) is 4.74 Å². The third-order valence-electron chi connectivity index (χ3n) is 2.70. The fraction of sp³-hybridized carbons (Fsp3) is 1.00. The fourth-order valence-corrected chi connectivity index (χ4v) is 1.74. The van der Waals surface area contributed by atoms with Crippen LogP contribution < -0.4 is 5.32 Å². The molecule has 0 aliphatic carbocycles. The highest BCUT2D eigenvalue weighted by Crippen LogP contribution is 2.14. The van der Waals surface area contributed by atoms with Gasteiger partial charge in [-0.2, -0.15) is 0 Å². The van der Waals surface area contributed by atoms with Crippen LogP contribution in [0.5, 0.6) is 0 Å². The summed E-state index contributed by atoms with van der Waals surface area (Å²) in [6.45, 7) is 6.61. The molecule has 0 radical (unpaired) electrons. The summed E-state index contributed by atoms with van der Waals surface area (Å²) in [5, 5.41) is 3.28. The molecule has 0 aromatic carbocycles. The van der Waals surface area contributed by atoms with Crippen molar-refractivity contribution in [2.75, 3.05) is 27.2 Å². The van der Waals surface area contributed by atoms with E-state index < -0.39 is 0 Å². The van der Waals surface area contributed by atoms with Crippen molar-refractivity contribution in [3.05, 3.63) is 0 Å². The molecule has 1 heterocycles. The van der Waals surface area contributed by atoms with Gasteiger partial charge in [0.05, 0.1) is 6.10 Å². The van der Waals surface area contributed by atoms with E-state index in [1.807, 2.05) is 7.05 Å². The molecule has 1 rings (SSSR count). The highest BCUT2D eigenvalue weighted by atomic mass is 16.5. The van der Waals surface area contributed by atoms with Gasteiger partial charge in [-0.3, -0.25) is 4.90 Å². The Morgan fingerprint density at radius 3 is 2.42 bits per heavy atom. The molecule has 2 atom stereocenters. The van der Waals surface area contributed by atoms with E-state index in [0.717, 1.165) is 13.1 Å². The Morgan fingerprint density at radius 2 is 2.08 bits per heavy atom. The first kappa shape index (κ1) is 9.96. The van der Waals surface area contributed by atoms with E-state index in [1.165, 1.54) is 0 Å². The van der Waals surface area contributed by atoms with Crippen LogP contribution >= 0.6 is 0 Å². The normalized spacial score (nSPS) is 31.8. The minimum absolute atomic E-state index is 0.359. The number of methoxy groups -OCH3 is 1. The van der Waals surface area contributed by atoms with Crippen molar-refractivity contribution in [2.24, 2.45) is 0 Å². The van der Waals surface area contributed by atoms with Crippen LogP contribution in [0.4, 0.5) is 0 Å². The zero-order valence-corrected chi connectivity index (χ0v) is 8.50.